The van der Waals surface area contributed by atoms with Crippen molar-refractivity contribution in [2.75, 3.05) is 0 Å². The zero-order chi connectivity index (χ0) is 15.9. The Morgan fingerprint density at radius 1 is 1.35 bits per heavy atom. The minimum absolute atomic E-state index is 0.378. The fourth-order valence-electron chi connectivity index (χ4n) is 3.06. The van der Waals surface area contributed by atoms with Crippen LogP contribution in [0.2, 0.25) is 0 Å². The highest BCUT2D eigenvalue weighted by Crippen LogP contribution is 2.42. The first-order valence-corrected chi connectivity index (χ1v) is 8.02. The maximum atomic E-state index is 11.6. The molecule has 5 nitrogen and oxygen atoms in total. The van der Waals surface area contributed by atoms with Crippen LogP contribution in [0.5, 0.6) is 0 Å². The van der Waals surface area contributed by atoms with Crippen LogP contribution in [-0.2, 0) is 11.8 Å². The molecule has 4 rings (SSSR count). The van der Waals surface area contributed by atoms with Crippen LogP contribution in [0.4, 0.5) is 4.79 Å². The summed E-state index contributed by atoms with van der Waals surface area (Å²) in [5.74, 6) is 0. The van der Waals surface area contributed by atoms with E-state index in [-0.39, 0.29) is 5.41 Å². The van der Waals surface area contributed by atoms with Crippen LogP contribution < -0.4 is 5.73 Å². The van der Waals surface area contributed by atoms with Crippen LogP contribution in [0, 0.1) is 6.20 Å². The highest BCUT2D eigenvalue weighted by Gasteiger charge is 2.38. The molecule has 0 saturated heterocycles. The molecular weight excluding hydrogens is 308 g/mol. The first-order valence-electron chi connectivity index (χ1n) is 7.14. The number of nitrogens with two attached hydrogens (primary N) is 1. The third kappa shape index (κ3) is 2.10. The number of thiazole rings is 1. The number of hydrogen-bond acceptors (Lipinski definition) is 4. The van der Waals surface area contributed by atoms with Gasteiger partial charge in [-0.05, 0) is 5.56 Å². The molecule has 0 spiro atoms. The van der Waals surface area contributed by atoms with E-state index in [1.165, 1.54) is 4.68 Å². The molecule has 1 radical (unpaired) electrons. The molecule has 1 atom stereocenters. The van der Waals surface area contributed by atoms with Gasteiger partial charge in [0.2, 0.25) is 0 Å². The fourth-order valence-corrected chi connectivity index (χ4v) is 3.88. The standard InChI is InChI=1S/C17H13N4OS/c18-16(22)21-14-8-17(15-10-19-11-23-15,7-6-12(14)9-20-21)13-4-2-1-3-5-13/h1-7,10-11H,8H2,(H2,18,22). The second kappa shape index (κ2) is 5.17. The monoisotopic (exact) mass is 321 g/mol. The molecule has 2 aromatic heterocycles. The minimum Gasteiger partial charge on any atom is -0.350 e. The number of nitrogens with zero attached hydrogens (tertiary/aromatic N) is 3. The van der Waals surface area contributed by atoms with Gasteiger partial charge in [-0.15, -0.1) is 11.3 Å². The van der Waals surface area contributed by atoms with Crippen molar-refractivity contribution in [3.8, 4) is 0 Å². The fraction of sp³-hybridized carbons (Fsp3) is 0.118. The Labute approximate surface area is 137 Å². The van der Waals surface area contributed by atoms with E-state index in [1.54, 1.807) is 11.3 Å². The summed E-state index contributed by atoms with van der Waals surface area (Å²) in [5, 5.41) is 3.99. The van der Waals surface area contributed by atoms with Crippen molar-refractivity contribution in [1.82, 2.24) is 14.8 Å². The van der Waals surface area contributed by atoms with Gasteiger partial charge in [0.25, 0.3) is 0 Å². The first-order chi connectivity index (χ1) is 11.2. The van der Waals surface area contributed by atoms with Gasteiger partial charge in [-0.3, -0.25) is 4.98 Å². The Morgan fingerprint density at radius 2 is 2.17 bits per heavy atom. The normalized spacial score (nSPS) is 19.5. The molecule has 2 heterocycles. The SMILES string of the molecule is NC(=O)n1n[c]c2c1CC(c1ccccc1)(c1cncs1)C=C2. The van der Waals surface area contributed by atoms with E-state index in [9.17, 15) is 4.79 Å². The van der Waals surface area contributed by atoms with E-state index < -0.39 is 6.03 Å². The van der Waals surface area contributed by atoms with Crippen molar-refractivity contribution in [3.63, 3.8) is 0 Å². The molecule has 1 amide bonds. The summed E-state index contributed by atoms with van der Waals surface area (Å²) in [7, 11) is 0. The summed E-state index contributed by atoms with van der Waals surface area (Å²) in [6.45, 7) is 0. The number of carbonyl (C=O) groups is 1. The van der Waals surface area contributed by atoms with Crippen LogP contribution in [0.15, 0.2) is 48.1 Å². The van der Waals surface area contributed by atoms with Crippen LogP contribution in [0.25, 0.3) is 6.08 Å². The molecule has 1 aliphatic rings. The van der Waals surface area contributed by atoms with Crippen LogP contribution >= 0.6 is 11.3 Å². The van der Waals surface area contributed by atoms with Gasteiger partial charge in [0, 0.05) is 23.1 Å². The molecule has 0 aliphatic heterocycles. The Morgan fingerprint density at radius 3 is 2.87 bits per heavy atom. The quantitative estimate of drug-likeness (QED) is 0.788. The molecule has 113 valence electrons. The predicted molar refractivity (Wildman–Crippen MR) is 88.1 cm³/mol. The van der Waals surface area contributed by atoms with Crippen LogP contribution in [0.1, 0.15) is 21.7 Å². The van der Waals surface area contributed by atoms with E-state index in [4.69, 9.17) is 5.73 Å². The molecule has 0 bridgehead atoms. The molecule has 1 aromatic carbocycles. The van der Waals surface area contributed by atoms with Gasteiger partial charge in [0.15, 0.2) is 0 Å². The van der Waals surface area contributed by atoms with E-state index in [1.807, 2.05) is 36.0 Å². The first kappa shape index (κ1) is 13.9. The van der Waals surface area contributed by atoms with Gasteiger partial charge >= 0.3 is 6.03 Å². The average Bonchev–Trinajstić information content (AvgIpc) is 3.24. The summed E-state index contributed by atoms with van der Waals surface area (Å²) >= 11 is 1.60. The zero-order valence-corrected chi connectivity index (χ0v) is 13.0. The predicted octanol–water partition coefficient (Wildman–Crippen LogP) is 2.62. The van der Waals surface area contributed by atoms with Crippen molar-refractivity contribution >= 4 is 23.4 Å². The lowest BCUT2D eigenvalue weighted by molar-refractivity contribution is 0.246. The summed E-state index contributed by atoms with van der Waals surface area (Å²) in [5.41, 5.74) is 9.60. The van der Waals surface area contributed by atoms with Crippen molar-refractivity contribution < 1.29 is 4.79 Å². The molecule has 3 aromatic rings. The van der Waals surface area contributed by atoms with E-state index >= 15 is 0 Å². The largest absolute Gasteiger partial charge is 0.350 e. The molecule has 0 saturated carbocycles. The number of allylic oxidation sites excluding steroid dienone is 1. The van der Waals surface area contributed by atoms with Gasteiger partial charge in [0.05, 0.1) is 16.6 Å². The van der Waals surface area contributed by atoms with Crippen molar-refractivity contribution in [1.29, 1.82) is 0 Å². The summed E-state index contributed by atoms with van der Waals surface area (Å²) in [6.07, 6.45) is 9.42. The second-order valence-electron chi connectivity index (χ2n) is 5.44. The lowest BCUT2D eigenvalue weighted by Gasteiger charge is -2.32. The lowest BCUT2D eigenvalue weighted by Crippen LogP contribution is -2.33. The Kier molecular flexibility index (Phi) is 3.12. The number of carbonyl (C=O) groups excluding carboxylic acids is 1. The second-order valence-corrected chi connectivity index (χ2v) is 6.32. The minimum atomic E-state index is -0.593. The topological polar surface area (TPSA) is 73.8 Å². The third-order valence-electron chi connectivity index (χ3n) is 4.19. The number of benzene rings is 1. The molecule has 1 aliphatic carbocycles. The number of amides is 1. The van der Waals surface area contributed by atoms with Crippen LogP contribution in [-0.4, -0.2) is 20.8 Å². The molecule has 0 fully saturated rings. The molecular formula is C17H13N4OS. The average molecular weight is 321 g/mol. The summed E-state index contributed by atoms with van der Waals surface area (Å²) in [4.78, 5) is 17.0. The van der Waals surface area contributed by atoms with E-state index in [0.29, 0.717) is 6.42 Å². The van der Waals surface area contributed by atoms with Crippen molar-refractivity contribution in [2.45, 2.75) is 11.8 Å². The number of fused-ring (bicyclic) bond motifs is 1. The Bertz CT molecular complexity index is 883. The third-order valence-corrected chi connectivity index (χ3v) is 5.14. The van der Waals surface area contributed by atoms with Crippen LogP contribution in [0.3, 0.4) is 0 Å². The highest BCUT2D eigenvalue weighted by atomic mass is 32.1. The van der Waals surface area contributed by atoms with Gasteiger partial charge in [0.1, 0.15) is 6.20 Å². The van der Waals surface area contributed by atoms with Gasteiger partial charge in [-0.1, -0.05) is 42.5 Å². The molecule has 6 heteroatoms. The number of rotatable bonds is 2. The van der Waals surface area contributed by atoms with Crippen molar-refractivity contribution in [3.05, 3.63) is 76.0 Å². The maximum absolute atomic E-state index is 11.6. The highest BCUT2D eigenvalue weighted by molar-refractivity contribution is 7.09. The van der Waals surface area contributed by atoms with Gasteiger partial charge in [-0.2, -0.15) is 9.78 Å². The lowest BCUT2D eigenvalue weighted by atomic mass is 9.72. The number of primary amides is 1. The molecule has 2 N–H and O–H groups in total. The number of hydrogen-bond donors (Lipinski definition) is 1. The van der Waals surface area contributed by atoms with Gasteiger partial charge in [-0.25, -0.2) is 4.79 Å². The Hall–Kier alpha value is -2.73. The van der Waals surface area contributed by atoms with E-state index in [2.05, 4.69) is 34.5 Å². The molecule has 23 heavy (non-hydrogen) atoms. The van der Waals surface area contributed by atoms with Gasteiger partial charge < -0.3 is 5.73 Å². The summed E-state index contributed by atoms with van der Waals surface area (Å²) in [6, 6.07) is 9.60. The maximum Gasteiger partial charge on any atom is 0.339 e. The molecule has 1 unspecified atom stereocenters. The summed E-state index contributed by atoms with van der Waals surface area (Å²) < 4.78 is 1.23. The smallest absolute Gasteiger partial charge is 0.339 e. The zero-order valence-electron chi connectivity index (χ0n) is 12.1. The van der Waals surface area contributed by atoms with Crippen molar-refractivity contribution in [2.24, 2.45) is 5.73 Å². The number of aromatic nitrogens is 3. The van der Waals surface area contributed by atoms with E-state index in [0.717, 1.165) is 21.7 Å². The Balaban J connectivity index is 1.92.